The van der Waals surface area contributed by atoms with Gasteiger partial charge in [0, 0.05) is 6.04 Å². The molecule has 1 aliphatic rings. The van der Waals surface area contributed by atoms with Crippen molar-refractivity contribution >= 4 is 21.6 Å². The van der Waals surface area contributed by atoms with Gasteiger partial charge in [0.15, 0.2) is 0 Å². The predicted octanol–water partition coefficient (Wildman–Crippen LogP) is 2.91. The highest BCUT2D eigenvalue weighted by atomic mass is 79.9. The van der Waals surface area contributed by atoms with Crippen LogP contribution in [0.5, 0.6) is 0 Å². The van der Waals surface area contributed by atoms with E-state index in [9.17, 15) is 4.79 Å². The van der Waals surface area contributed by atoms with Crippen molar-refractivity contribution in [3.8, 4) is 0 Å². The van der Waals surface area contributed by atoms with Gasteiger partial charge in [-0.2, -0.15) is 5.10 Å². The van der Waals surface area contributed by atoms with Crippen LogP contribution in [0.3, 0.4) is 0 Å². The number of hydrogen-bond acceptors (Lipinski definition) is 3. The Hall–Kier alpha value is -0.840. The Labute approximate surface area is 109 Å². The molecule has 94 valence electrons. The molecule has 1 fully saturated rings. The van der Waals surface area contributed by atoms with E-state index >= 15 is 0 Å². The lowest BCUT2D eigenvalue weighted by Gasteiger charge is -2.18. The third-order valence-electron chi connectivity index (χ3n) is 3.41. The molecule has 1 saturated carbocycles. The molecule has 5 heteroatoms. The number of nitrogens with one attached hydrogen (secondary N) is 2. The smallest absolute Gasteiger partial charge is 0.280 e. The summed E-state index contributed by atoms with van der Waals surface area (Å²) in [5.74, 6) is 0.822. The van der Waals surface area contributed by atoms with Crippen molar-refractivity contribution < 1.29 is 0 Å². The van der Waals surface area contributed by atoms with Crippen molar-refractivity contribution in [1.29, 1.82) is 0 Å². The average Bonchev–Trinajstić information content (AvgIpc) is 2.50. The molecule has 1 aromatic rings. The first-order chi connectivity index (χ1) is 8.16. The van der Waals surface area contributed by atoms with Crippen molar-refractivity contribution in [3.63, 3.8) is 0 Å². The number of H-pyrrole nitrogens is 1. The average molecular weight is 300 g/mol. The summed E-state index contributed by atoms with van der Waals surface area (Å²) in [5, 5.41) is 9.64. The van der Waals surface area contributed by atoms with Crippen LogP contribution in [-0.4, -0.2) is 16.2 Å². The fourth-order valence-corrected chi connectivity index (χ4v) is 2.64. The summed E-state index contributed by atoms with van der Waals surface area (Å²) < 4.78 is 0.546. The first-order valence-electron chi connectivity index (χ1n) is 6.16. The van der Waals surface area contributed by atoms with E-state index in [1.165, 1.54) is 32.1 Å². The maximum Gasteiger partial charge on any atom is 0.280 e. The van der Waals surface area contributed by atoms with Crippen molar-refractivity contribution in [2.24, 2.45) is 5.92 Å². The number of hydrogen-bond donors (Lipinski definition) is 2. The Kier molecular flexibility index (Phi) is 4.20. The Bertz CT molecular complexity index is 432. The van der Waals surface area contributed by atoms with Gasteiger partial charge in [0.1, 0.15) is 4.47 Å². The lowest BCUT2D eigenvalue weighted by Crippen LogP contribution is -2.21. The first kappa shape index (κ1) is 12.6. The van der Waals surface area contributed by atoms with Crippen molar-refractivity contribution in [2.45, 2.75) is 45.1 Å². The molecule has 2 unspecified atom stereocenters. The molecule has 1 heterocycles. The van der Waals surface area contributed by atoms with Crippen LogP contribution in [0, 0.1) is 5.92 Å². The highest BCUT2D eigenvalue weighted by Crippen LogP contribution is 2.26. The SMILES string of the molecule is CC1CCCC(Nc2cn[nH]c(=O)c2Br)CC1. The zero-order valence-electron chi connectivity index (χ0n) is 10.0. The van der Waals surface area contributed by atoms with Crippen LogP contribution in [0.4, 0.5) is 5.69 Å². The Morgan fingerprint density at radius 2 is 2.24 bits per heavy atom. The maximum atomic E-state index is 11.4. The summed E-state index contributed by atoms with van der Waals surface area (Å²) >= 11 is 3.29. The van der Waals surface area contributed by atoms with E-state index in [2.05, 4.69) is 38.4 Å². The quantitative estimate of drug-likeness (QED) is 0.826. The van der Waals surface area contributed by atoms with E-state index in [1.54, 1.807) is 6.20 Å². The standard InChI is InChI=1S/C12H18BrN3O/c1-8-3-2-4-9(6-5-8)15-10-7-14-16-12(17)11(10)13/h7-9H,2-6H2,1H3,(H2,15,16,17). The van der Waals surface area contributed by atoms with E-state index in [4.69, 9.17) is 0 Å². The number of aromatic nitrogens is 2. The number of anilines is 1. The van der Waals surface area contributed by atoms with Gasteiger partial charge < -0.3 is 5.32 Å². The minimum atomic E-state index is -0.183. The lowest BCUT2D eigenvalue weighted by atomic mass is 10.0. The monoisotopic (exact) mass is 299 g/mol. The first-order valence-corrected chi connectivity index (χ1v) is 6.96. The molecule has 0 aromatic carbocycles. The second-order valence-corrected chi connectivity index (χ2v) is 5.67. The number of rotatable bonds is 2. The van der Waals surface area contributed by atoms with Gasteiger partial charge in [-0.05, 0) is 41.1 Å². The lowest BCUT2D eigenvalue weighted by molar-refractivity contribution is 0.502. The highest BCUT2D eigenvalue weighted by Gasteiger charge is 2.17. The van der Waals surface area contributed by atoms with Crippen LogP contribution >= 0.6 is 15.9 Å². The summed E-state index contributed by atoms with van der Waals surface area (Å²) in [4.78, 5) is 11.4. The molecule has 1 aliphatic carbocycles. The van der Waals surface area contributed by atoms with E-state index in [-0.39, 0.29) is 5.56 Å². The number of halogens is 1. The van der Waals surface area contributed by atoms with Crippen LogP contribution in [0.15, 0.2) is 15.5 Å². The molecule has 2 N–H and O–H groups in total. The Morgan fingerprint density at radius 1 is 1.41 bits per heavy atom. The zero-order chi connectivity index (χ0) is 12.3. The van der Waals surface area contributed by atoms with Crippen LogP contribution in [0.2, 0.25) is 0 Å². The molecule has 4 nitrogen and oxygen atoms in total. The molecule has 17 heavy (non-hydrogen) atoms. The topological polar surface area (TPSA) is 57.8 Å². The Balaban J connectivity index is 2.05. The zero-order valence-corrected chi connectivity index (χ0v) is 11.6. The van der Waals surface area contributed by atoms with Gasteiger partial charge in [-0.15, -0.1) is 0 Å². The largest absolute Gasteiger partial charge is 0.380 e. The van der Waals surface area contributed by atoms with E-state index < -0.39 is 0 Å². The number of aromatic amines is 1. The van der Waals surface area contributed by atoms with E-state index in [0.717, 1.165) is 11.6 Å². The fraction of sp³-hybridized carbons (Fsp3) is 0.667. The molecular formula is C12H18BrN3O. The van der Waals surface area contributed by atoms with Gasteiger partial charge in [0.05, 0.1) is 11.9 Å². The van der Waals surface area contributed by atoms with Crippen LogP contribution in [0.1, 0.15) is 39.0 Å². The number of nitrogens with zero attached hydrogens (tertiary/aromatic N) is 1. The van der Waals surface area contributed by atoms with Crippen LogP contribution < -0.4 is 10.9 Å². The van der Waals surface area contributed by atoms with Crippen LogP contribution in [0.25, 0.3) is 0 Å². The summed E-state index contributed by atoms with van der Waals surface area (Å²) in [5.41, 5.74) is 0.616. The molecule has 0 aliphatic heterocycles. The van der Waals surface area contributed by atoms with Crippen molar-refractivity contribution in [3.05, 3.63) is 21.0 Å². The second kappa shape index (κ2) is 5.67. The molecular weight excluding hydrogens is 282 g/mol. The summed E-state index contributed by atoms with van der Waals surface area (Å²) in [6, 6.07) is 0.458. The van der Waals surface area contributed by atoms with E-state index in [1.807, 2.05) is 0 Å². The van der Waals surface area contributed by atoms with Gasteiger partial charge in [-0.1, -0.05) is 19.8 Å². The second-order valence-electron chi connectivity index (χ2n) is 4.88. The third kappa shape index (κ3) is 3.31. The molecule has 0 radical (unpaired) electrons. The van der Waals surface area contributed by atoms with Crippen molar-refractivity contribution in [1.82, 2.24) is 10.2 Å². The normalized spacial score (nSPS) is 25.3. The van der Waals surface area contributed by atoms with Gasteiger partial charge in [-0.3, -0.25) is 4.79 Å². The molecule has 2 rings (SSSR count). The summed E-state index contributed by atoms with van der Waals surface area (Å²) in [6.45, 7) is 2.31. The summed E-state index contributed by atoms with van der Waals surface area (Å²) in [7, 11) is 0. The van der Waals surface area contributed by atoms with Gasteiger partial charge in [0.25, 0.3) is 5.56 Å². The van der Waals surface area contributed by atoms with Crippen molar-refractivity contribution in [2.75, 3.05) is 5.32 Å². The van der Waals surface area contributed by atoms with E-state index in [0.29, 0.717) is 10.5 Å². The molecule has 0 spiro atoms. The third-order valence-corrected chi connectivity index (χ3v) is 4.20. The van der Waals surface area contributed by atoms with Crippen LogP contribution in [-0.2, 0) is 0 Å². The van der Waals surface area contributed by atoms with Gasteiger partial charge >= 0.3 is 0 Å². The summed E-state index contributed by atoms with van der Waals surface area (Å²) in [6.07, 6.45) is 7.83. The van der Waals surface area contributed by atoms with Gasteiger partial charge in [0.2, 0.25) is 0 Å². The molecule has 0 amide bonds. The molecule has 2 atom stereocenters. The maximum absolute atomic E-state index is 11.4. The predicted molar refractivity (Wildman–Crippen MR) is 72.2 cm³/mol. The van der Waals surface area contributed by atoms with Gasteiger partial charge in [-0.25, -0.2) is 5.10 Å². The molecule has 0 bridgehead atoms. The molecule has 0 saturated heterocycles. The minimum Gasteiger partial charge on any atom is -0.380 e. The molecule has 1 aromatic heterocycles. The fourth-order valence-electron chi connectivity index (χ4n) is 2.34. The Morgan fingerprint density at radius 3 is 3.06 bits per heavy atom. The highest BCUT2D eigenvalue weighted by molar-refractivity contribution is 9.10. The minimum absolute atomic E-state index is 0.183.